The van der Waals surface area contributed by atoms with Crippen LogP contribution in [0.5, 0.6) is 17.2 Å². The number of carbonyl (C=O) groups excluding carboxylic acids is 3. The number of nitrogens with one attached hydrogen (secondary N) is 2. The summed E-state index contributed by atoms with van der Waals surface area (Å²) in [6.45, 7) is 3.68. The van der Waals surface area contributed by atoms with Gasteiger partial charge in [-0.15, -0.1) is 0 Å². The number of phenols is 1. The average molecular weight is 587 g/mol. The lowest BCUT2D eigenvalue weighted by atomic mass is 10.0. The van der Waals surface area contributed by atoms with E-state index in [0.717, 1.165) is 16.7 Å². The van der Waals surface area contributed by atoms with Crippen LogP contribution in [0.3, 0.4) is 0 Å². The maximum Gasteiger partial charge on any atom is 0.343 e. The van der Waals surface area contributed by atoms with Gasteiger partial charge in [0.25, 0.3) is 11.8 Å². The Hall–Kier alpha value is -5.89. The smallest absolute Gasteiger partial charge is 0.343 e. The molecule has 0 radical (unpaired) electrons. The van der Waals surface area contributed by atoms with Crippen molar-refractivity contribution in [3.05, 3.63) is 137 Å². The Morgan fingerprint density at radius 2 is 1.27 bits per heavy atom. The summed E-state index contributed by atoms with van der Waals surface area (Å²) in [5, 5.41) is 15.2. The van der Waals surface area contributed by atoms with Gasteiger partial charge in [0, 0.05) is 16.8 Å². The number of carbonyl (C=O) groups is 3. The highest BCUT2D eigenvalue weighted by Crippen LogP contribution is 2.29. The van der Waals surface area contributed by atoms with Crippen molar-refractivity contribution in [1.82, 2.24) is 0 Å². The number of benzene rings is 5. The van der Waals surface area contributed by atoms with Crippen molar-refractivity contribution in [1.29, 1.82) is 0 Å². The molecule has 0 aliphatic heterocycles. The van der Waals surface area contributed by atoms with E-state index < -0.39 is 5.97 Å². The average Bonchev–Trinajstić information content (AvgIpc) is 3.02. The Morgan fingerprint density at radius 3 is 1.91 bits per heavy atom. The summed E-state index contributed by atoms with van der Waals surface area (Å²) in [7, 11) is 1.49. The van der Waals surface area contributed by atoms with E-state index in [4.69, 9.17) is 9.47 Å². The van der Waals surface area contributed by atoms with Crippen molar-refractivity contribution in [3.63, 3.8) is 0 Å². The molecule has 220 valence electrons. The van der Waals surface area contributed by atoms with Crippen molar-refractivity contribution in [2.24, 2.45) is 0 Å². The van der Waals surface area contributed by atoms with Crippen LogP contribution in [0.1, 0.15) is 42.2 Å². The minimum atomic E-state index is -0.510. The maximum atomic E-state index is 13.1. The number of ether oxygens (including phenoxy) is 2. The molecule has 5 rings (SSSR count). The predicted octanol–water partition coefficient (Wildman–Crippen LogP) is 7.41. The third kappa shape index (κ3) is 6.94. The molecule has 0 aliphatic rings. The first kappa shape index (κ1) is 29.6. The maximum absolute atomic E-state index is 13.1. The third-order valence-electron chi connectivity index (χ3n) is 6.99. The van der Waals surface area contributed by atoms with E-state index in [1.165, 1.54) is 7.11 Å². The van der Waals surface area contributed by atoms with E-state index in [1.54, 1.807) is 91.9 Å². The molecule has 0 saturated heterocycles. The van der Waals surface area contributed by atoms with Gasteiger partial charge in [0.15, 0.2) is 0 Å². The zero-order chi connectivity index (χ0) is 31.2. The highest BCUT2D eigenvalue weighted by atomic mass is 16.5. The Kier molecular flexibility index (Phi) is 8.72. The van der Waals surface area contributed by atoms with Crippen molar-refractivity contribution in [3.8, 4) is 28.4 Å². The largest absolute Gasteiger partial charge is 0.508 e. The summed E-state index contributed by atoms with van der Waals surface area (Å²) < 4.78 is 10.9. The Morgan fingerprint density at radius 1 is 0.659 bits per heavy atom. The number of esters is 1. The van der Waals surface area contributed by atoms with Crippen LogP contribution in [0.2, 0.25) is 0 Å². The zero-order valence-electron chi connectivity index (χ0n) is 24.4. The number of aryl methyl sites for hydroxylation is 2. The highest BCUT2D eigenvalue weighted by Gasteiger charge is 2.16. The van der Waals surface area contributed by atoms with Crippen LogP contribution in [0.15, 0.2) is 109 Å². The lowest BCUT2D eigenvalue weighted by molar-refractivity contribution is 0.0733. The second kappa shape index (κ2) is 13.0. The SMILES string of the molecule is COc1ccc(NC(=O)c2ccc(C(=O)Oc3ccc(C)cc3)c(C)c2)cc1NC(=O)c1ccc(-c2ccc(O)cc2)cc1. The normalized spacial score (nSPS) is 10.5. The molecule has 0 atom stereocenters. The molecule has 0 heterocycles. The number of hydrogen-bond donors (Lipinski definition) is 3. The summed E-state index contributed by atoms with van der Waals surface area (Å²) >= 11 is 0. The molecule has 8 nitrogen and oxygen atoms in total. The van der Waals surface area contributed by atoms with Gasteiger partial charge < -0.3 is 25.2 Å². The number of rotatable bonds is 8. The van der Waals surface area contributed by atoms with E-state index >= 15 is 0 Å². The van der Waals surface area contributed by atoms with Gasteiger partial charge >= 0.3 is 5.97 Å². The van der Waals surface area contributed by atoms with Gasteiger partial charge in [0.2, 0.25) is 0 Å². The number of amides is 2. The molecule has 0 aromatic heterocycles. The molecule has 0 spiro atoms. The van der Waals surface area contributed by atoms with E-state index in [2.05, 4.69) is 10.6 Å². The monoisotopic (exact) mass is 586 g/mol. The van der Waals surface area contributed by atoms with Gasteiger partial charge in [-0.25, -0.2) is 4.79 Å². The molecule has 0 bridgehead atoms. The van der Waals surface area contributed by atoms with E-state index in [0.29, 0.717) is 45.1 Å². The van der Waals surface area contributed by atoms with Gasteiger partial charge in [0.1, 0.15) is 17.2 Å². The molecule has 0 aliphatic carbocycles. The van der Waals surface area contributed by atoms with Crippen molar-refractivity contribution >= 4 is 29.2 Å². The summed E-state index contributed by atoms with van der Waals surface area (Å²) in [6, 6.07) is 30.7. The molecular formula is C36H30N2O6. The molecule has 2 amide bonds. The molecule has 3 N–H and O–H groups in total. The van der Waals surface area contributed by atoms with Crippen molar-refractivity contribution in [2.45, 2.75) is 13.8 Å². The molecule has 0 fully saturated rings. The fraction of sp³-hybridized carbons (Fsp3) is 0.0833. The van der Waals surface area contributed by atoms with Crippen LogP contribution >= 0.6 is 0 Å². The lowest BCUT2D eigenvalue weighted by Gasteiger charge is -2.14. The summed E-state index contributed by atoms with van der Waals surface area (Å²) in [5.74, 6) is -0.212. The van der Waals surface area contributed by atoms with Gasteiger partial charge in [-0.2, -0.15) is 0 Å². The second-order valence-corrected chi connectivity index (χ2v) is 10.2. The fourth-order valence-corrected chi connectivity index (χ4v) is 4.55. The second-order valence-electron chi connectivity index (χ2n) is 10.2. The lowest BCUT2D eigenvalue weighted by Crippen LogP contribution is -2.16. The van der Waals surface area contributed by atoms with E-state index in [1.807, 2.05) is 31.2 Å². The highest BCUT2D eigenvalue weighted by molar-refractivity contribution is 6.07. The van der Waals surface area contributed by atoms with Gasteiger partial charge in [-0.05, 0) is 103 Å². The van der Waals surface area contributed by atoms with Gasteiger partial charge in [0.05, 0.1) is 18.4 Å². The van der Waals surface area contributed by atoms with Crippen LogP contribution in [0.4, 0.5) is 11.4 Å². The van der Waals surface area contributed by atoms with Gasteiger partial charge in [-0.1, -0.05) is 42.0 Å². The quantitative estimate of drug-likeness (QED) is 0.129. The number of hydrogen-bond acceptors (Lipinski definition) is 6. The van der Waals surface area contributed by atoms with Crippen molar-refractivity contribution < 1.29 is 29.0 Å². The Balaban J connectivity index is 1.26. The number of anilines is 2. The molecule has 8 heteroatoms. The van der Waals surface area contributed by atoms with Crippen LogP contribution < -0.4 is 20.1 Å². The summed E-state index contributed by atoms with van der Waals surface area (Å²) in [4.78, 5) is 38.8. The number of methoxy groups -OCH3 is 1. The van der Waals surface area contributed by atoms with E-state index in [9.17, 15) is 19.5 Å². The standard InChI is InChI=1S/C36H30N2O6/c1-22-4-16-30(17-5-22)44-36(42)31-18-12-27(20-23(31)2)35(41)37-28-13-19-33(43-3)32(21-28)38-34(40)26-8-6-24(7-9-26)25-10-14-29(39)15-11-25/h4-21,39H,1-3H3,(H,37,41)(H,38,40). The number of phenolic OH excluding ortho intramolecular Hbond substituents is 1. The molecule has 0 unspecified atom stereocenters. The first-order valence-corrected chi connectivity index (χ1v) is 13.8. The topological polar surface area (TPSA) is 114 Å². The molecular weight excluding hydrogens is 556 g/mol. The Bertz CT molecular complexity index is 1830. The van der Waals surface area contributed by atoms with Gasteiger partial charge in [-0.3, -0.25) is 9.59 Å². The van der Waals surface area contributed by atoms with Crippen LogP contribution in [-0.4, -0.2) is 30.0 Å². The predicted molar refractivity (Wildman–Crippen MR) is 170 cm³/mol. The first-order chi connectivity index (χ1) is 21.2. The molecule has 44 heavy (non-hydrogen) atoms. The fourth-order valence-electron chi connectivity index (χ4n) is 4.55. The summed E-state index contributed by atoms with van der Waals surface area (Å²) in [5.41, 5.74) is 5.41. The van der Waals surface area contributed by atoms with Crippen LogP contribution in [0, 0.1) is 13.8 Å². The van der Waals surface area contributed by atoms with Crippen molar-refractivity contribution in [2.75, 3.05) is 17.7 Å². The zero-order valence-corrected chi connectivity index (χ0v) is 24.4. The first-order valence-electron chi connectivity index (χ1n) is 13.8. The van der Waals surface area contributed by atoms with E-state index in [-0.39, 0.29) is 17.6 Å². The molecule has 5 aromatic carbocycles. The number of aromatic hydroxyl groups is 1. The molecule has 0 saturated carbocycles. The molecule has 5 aromatic rings. The minimum absolute atomic E-state index is 0.182. The minimum Gasteiger partial charge on any atom is -0.508 e. The Labute approximate surface area is 254 Å². The van der Waals surface area contributed by atoms with Crippen LogP contribution in [0.25, 0.3) is 11.1 Å². The third-order valence-corrected chi connectivity index (χ3v) is 6.99. The summed E-state index contributed by atoms with van der Waals surface area (Å²) in [6.07, 6.45) is 0. The van der Waals surface area contributed by atoms with Crippen LogP contribution in [-0.2, 0) is 0 Å².